The van der Waals surface area contributed by atoms with Gasteiger partial charge in [0.15, 0.2) is 11.5 Å². The van der Waals surface area contributed by atoms with Gasteiger partial charge in [0.25, 0.3) is 5.91 Å². The number of nitrogens with zero attached hydrogens (tertiary/aromatic N) is 1. The maximum absolute atomic E-state index is 12.4. The first-order valence-corrected chi connectivity index (χ1v) is 10.5. The summed E-state index contributed by atoms with van der Waals surface area (Å²) in [5, 5.41) is 12.4. The molecule has 1 aliphatic rings. The predicted molar refractivity (Wildman–Crippen MR) is 117 cm³/mol. The maximum atomic E-state index is 12.4. The molecule has 5 heteroatoms. The van der Waals surface area contributed by atoms with Crippen molar-refractivity contribution in [3.8, 4) is 17.6 Å². The molecule has 0 unspecified atom stereocenters. The van der Waals surface area contributed by atoms with E-state index in [0.29, 0.717) is 24.7 Å². The van der Waals surface area contributed by atoms with Gasteiger partial charge in [0, 0.05) is 6.04 Å². The molecule has 0 heterocycles. The van der Waals surface area contributed by atoms with E-state index in [0.717, 1.165) is 36.8 Å². The second-order valence-electron chi connectivity index (χ2n) is 7.54. The fraction of sp³-hybridized carbons (Fsp3) is 0.360. The van der Waals surface area contributed by atoms with Crippen LogP contribution in [0.3, 0.4) is 0 Å². The summed E-state index contributed by atoms with van der Waals surface area (Å²) in [4.78, 5) is 12.4. The minimum Gasteiger partial charge on any atom is -0.490 e. The van der Waals surface area contributed by atoms with Crippen LogP contribution in [0.25, 0.3) is 6.08 Å². The highest BCUT2D eigenvalue weighted by Gasteiger charge is 2.19. The second-order valence-corrected chi connectivity index (χ2v) is 7.54. The third-order valence-electron chi connectivity index (χ3n) is 5.15. The quantitative estimate of drug-likeness (QED) is 0.500. The van der Waals surface area contributed by atoms with Gasteiger partial charge >= 0.3 is 0 Å². The van der Waals surface area contributed by atoms with Crippen LogP contribution < -0.4 is 14.8 Å². The average Bonchev–Trinajstić information content (AvgIpc) is 3.25. The van der Waals surface area contributed by atoms with Crippen LogP contribution in [0.5, 0.6) is 11.5 Å². The van der Waals surface area contributed by atoms with Crippen LogP contribution in [-0.2, 0) is 11.4 Å². The SMILES string of the molecule is CCOc1cc(/C=C(\C#N)C(=O)NC2CCCC2)ccc1OCc1ccc(C)cc1. The Bertz CT molecular complexity index is 936. The largest absolute Gasteiger partial charge is 0.490 e. The smallest absolute Gasteiger partial charge is 0.262 e. The molecule has 0 saturated heterocycles. The zero-order valence-electron chi connectivity index (χ0n) is 17.6. The summed E-state index contributed by atoms with van der Waals surface area (Å²) in [6, 6.07) is 15.8. The van der Waals surface area contributed by atoms with Gasteiger partial charge in [0.1, 0.15) is 18.2 Å². The lowest BCUT2D eigenvalue weighted by Crippen LogP contribution is -2.33. The lowest BCUT2D eigenvalue weighted by Gasteiger charge is -2.13. The Labute approximate surface area is 178 Å². The Morgan fingerprint density at radius 3 is 2.53 bits per heavy atom. The van der Waals surface area contributed by atoms with Crippen molar-refractivity contribution in [2.24, 2.45) is 0 Å². The van der Waals surface area contributed by atoms with Gasteiger partial charge in [-0.05, 0) is 56.0 Å². The van der Waals surface area contributed by atoms with Crippen molar-refractivity contribution in [2.45, 2.75) is 52.2 Å². The Kier molecular flexibility index (Phi) is 7.51. The molecular formula is C25H28N2O3. The van der Waals surface area contributed by atoms with Crippen molar-refractivity contribution < 1.29 is 14.3 Å². The molecule has 156 valence electrons. The molecule has 1 aliphatic carbocycles. The summed E-state index contributed by atoms with van der Waals surface area (Å²) >= 11 is 0. The van der Waals surface area contributed by atoms with Crippen LogP contribution in [0.2, 0.25) is 0 Å². The molecule has 0 aliphatic heterocycles. The molecule has 1 amide bonds. The van der Waals surface area contributed by atoms with Crippen molar-refractivity contribution >= 4 is 12.0 Å². The Hall–Kier alpha value is -3.26. The van der Waals surface area contributed by atoms with Crippen LogP contribution in [-0.4, -0.2) is 18.6 Å². The van der Waals surface area contributed by atoms with Gasteiger partial charge in [-0.15, -0.1) is 0 Å². The summed E-state index contributed by atoms with van der Waals surface area (Å²) in [5.41, 5.74) is 3.09. The molecule has 1 fully saturated rings. The van der Waals surface area contributed by atoms with E-state index in [-0.39, 0.29) is 17.5 Å². The molecule has 30 heavy (non-hydrogen) atoms. The second kappa shape index (κ2) is 10.5. The number of benzene rings is 2. The molecular weight excluding hydrogens is 376 g/mol. The van der Waals surface area contributed by atoms with E-state index in [1.165, 1.54) is 5.56 Å². The number of aryl methyl sites for hydroxylation is 1. The zero-order valence-corrected chi connectivity index (χ0v) is 17.6. The van der Waals surface area contributed by atoms with Crippen LogP contribution in [0, 0.1) is 18.3 Å². The Balaban J connectivity index is 1.73. The molecule has 2 aromatic carbocycles. The lowest BCUT2D eigenvalue weighted by molar-refractivity contribution is -0.117. The number of hydrogen-bond donors (Lipinski definition) is 1. The van der Waals surface area contributed by atoms with Crippen molar-refractivity contribution in [1.82, 2.24) is 5.32 Å². The molecule has 0 bridgehead atoms. The third kappa shape index (κ3) is 5.87. The van der Waals surface area contributed by atoms with Crippen LogP contribution >= 0.6 is 0 Å². The molecule has 0 radical (unpaired) electrons. The van der Waals surface area contributed by atoms with Crippen molar-refractivity contribution in [1.29, 1.82) is 5.26 Å². The number of nitrogens with one attached hydrogen (secondary N) is 1. The minimum absolute atomic E-state index is 0.0951. The number of rotatable bonds is 8. The van der Waals surface area contributed by atoms with Crippen molar-refractivity contribution in [3.05, 3.63) is 64.7 Å². The molecule has 3 rings (SSSR count). The highest BCUT2D eigenvalue weighted by Crippen LogP contribution is 2.30. The number of carbonyl (C=O) groups excluding carboxylic acids is 1. The minimum atomic E-state index is -0.318. The van der Waals surface area contributed by atoms with E-state index in [4.69, 9.17) is 9.47 Å². The van der Waals surface area contributed by atoms with E-state index in [1.54, 1.807) is 12.1 Å². The average molecular weight is 405 g/mol. The van der Waals surface area contributed by atoms with Crippen LogP contribution in [0.1, 0.15) is 49.3 Å². The Morgan fingerprint density at radius 2 is 1.87 bits per heavy atom. The topological polar surface area (TPSA) is 71.3 Å². The molecule has 1 N–H and O–H groups in total. The van der Waals surface area contributed by atoms with Gasteiger partial charge in [0.05, 0.1) is 6.61 Å². The predicted octanol–water partition coefficient (Wildman–Crippen LogP) is 4.94. The normalized spacial score (nSPS) is 14.2. The Morgan fingerprint density at radius 1 is 1.13 bits per heavy atom. The van der Waals surface area contributed by atoms with E-state index < -0.39 is 0 Å². The van der Waals surface area contributed by atoms with Gasteiger partial charge in [-0.3, -0.25) is 4.79 Å². The van der Waals surface area contributed by atoms with Gasteiger partial charge in [-0.25, -0.2) is 0 Å². The standard InChI is InChI=1S/C25H28N2O3/c1-3-29-24-15-20(14-21(16-26)25(28)27-22-6-4-5-7-22)12-13-23(24)30-17-19-10-8-18(2)9-11-19/h8-15,22H,3-7,17H2,1-2H3,(H,27,28)/b21-14+. The highest BCUT2D eigenvalue weighted by atomic mass is 16.5. The lowest BCUT2D eigenvalue weighted by atomic mass is 10.1. The van der Waals surface area contributed by atoms with Crippen molar-refractivity contribution in [2.75, 3.05) is 6.61 Å². The molecule has 5 nitrogen and oxygen atoms in total. The molecule has 0 aromatic heterocycles. The number of carbonyl (C=O) groups is 1. The zero-order chi connectivity index (χ0) is 21.3. The number of amides is 1. The van der Waals surface area contributed by atoms with Crippen LogP contribution in [0.4, 0.5) is 0 Å². The number of hydrogen-bond acceptors (Lipinski definition) is 4. The summed E-state index contributed by atoms with van der Waals surface area (Å²) in [6.07, 6.45) is 5.80. The molecule has 0 atom stereocenters. The summed E-state index contributed by atoms with van der Waals surface area (Å²) in [6.45, 7) is 4.87. The fourth-order valence-electron chi connectivity index (χ4n) is 3.50. The maximum Gasteiger partial charge on any atom is 0.262 e. The molecule has 0 spiro atoms. The van der Waals surface area contributed by atoms with Gasteiger partial charge in [-0.1, -0.05) is 48.7 Å². The fourth-order valence-corrected chi connectivity index (χ4v) is 3.50. The summed E-state index contributed by atoms with van der Waals surface area (Å²) in [5.74, 6) is 0.900. The van der Waals surface area contributed by atoms with Crippen molar-refractivity contribution in [3.63, 3.8) is 0 Å². The van der Waals surface area contributed by atoms with Gasteiger partial charge in [0.2, 0.25) is 0 Å². The van der Waals surface area contributed by atoms with Crippen LogP contribution in [0.15, 0.2) is 48.0 Å². The molecule has 2 aromatic rings. The van der Waals surface area contributed by atoms with E-state index in [9.17, 15) is 10.1 Å². The monoisotopic (exact) mass is 404 g/mol. The van der Waals surface area contributed by atoms with Gasteiger partial charge in [-0.2, -0.15) is 5.26 Å². The number of nitriles is 1. The first kappa shape index (κ1) is 21.4. The molecule has 1 saturated carbocycles. The highest BCUT2D eigenvalue weighted by molar-refractivity contribution is 6.01. The van der Waals surface area contributed by atoms with E-state index in [1.807, 2.05) is 44.2 Å². The van der Waals surface area contributed by atoms with E-state index >= 15 is 0 Å². The first-order valence-electron chi connectivity index (χ1n) is 10.5. The summed E-state index contributed by atoms with van der Waals surface area (Å²) < 4.78 is 11.7. The number of ether oxygens (including phenoxy) is 2. The first-order chi connectivity index (χ1) is 14.6. The third-order valence-corrected chi connectivity index (χ3v) is 5.15. The van der Waals surface area contributed by atoms with Gasteiger partial charge < -0.3 is 14.8 Å². The van der Waals surface area contributed by atoms with E-state index in [2.05, 4.69) is 17.4 Å². The summed E-state index contributed by atoms with van der Waals surface area (Å²) in [7, 11) is 0.